The number of hydrogen-bond acceptors (Lipinski definition) is 2. The molecule has 120 valence electrons. The molecule has 2 aromatic rings. The number of nitrogens with one attached hydrogen (secondary N) is 1. The second-order valence-electron chi connectivity index (χ2n) is 5.86. The van der Waals surface area contributed by atoms with Crippen LogP contribution in [0.3, 0.4) is 0 Å². The minimum Gasteiger partial charge on any atom is -0.346 e. The van der Waals surface area contributed by atoms with Crippen LogP contribution in [0.2, 0.25) is 0 Å². The Kier molecular flexibility index (Phi) is 5.99. The molecule has 1 amide bonds. The number of nitrogens with zero attached hydrogens (tertiary/aromatic N) is 2. The number of benzene rings is 1. The molecule has 0 spiro atoms. The van der Waals surface area contributed by atoms with Gasteiger partial charge in [0, 0.05) is 13.0 Å². The van der Waals surface area contributed by atoms with Crippen LogP contribution in [0.4, 0.5) is 0 Å². The zero-order chi connectivity index (χ0) is 15.9. The molecular weight excluding hydrogens is 274 g/mol. The van der Waals surface area contributed by atoms with Gasteiger partial charge in [-0.15, -0.1) is 0 Å². The summed E-state index contributed by atoms with van der Waals surface area (Å²) in [5.74, 6) is 1.06. The average molecular weight is 301 g/mol. The number of fused-ring (bicyclic) bond motifs is 1. The van der Waals surface area contributed by atoms with Gasteiger partial charge in [-0.2, -0.15) is 0 Å². The number of aryl methyl sites for hydroxylation is 1. The van der Waals surface area contributed by atoms with Gasteiger partial charge in [0.1, 0.15) is 5.82 Å². The molecule has 1 atom stereocenters. The van der Waals surface area contributed by atoms with E-state index < -0.39 is 0 Å². The molecule has 0 saturated heterocycles. The lowest BCUT2D eigenvalue weighted by atomic mass is 10.2. The maximum atomic E-state index is 11.9. The molecule has 0 aliphatic heterocycles. The first-order valence-electron chi connectivity index (χ1n) is 8.41. The highest BCUT2D eigenvalue weighted by Crippen LogP contribution is 2.21. The number of carbonyl (C=O) groups excluding carboxylic acids is 1. The zero-order valence-electron chi connectivity index (χ0n) is 13.9. The Labute approximate surface area is 132 Å². The lowest BCUT2D eigenvalue weighted by Crippen LogP contribution is -2.28. The van der Waals surface area contributed by atoms with Crippen LogP contribution in [0.15, 0.2) is 24.3 Å². The van der Waals surface area contributed by atoms with Crippen molar-refractivity contribution >= 4 is 16.9 Å². The van der Waals surface area contributed by atoms with Gasteiger partial charge >= 0.3 is 0 Å². The van der Waals surface area contributed by atoms with E-state index in [1.807, 2.05) is 32.0 Å². The summed E-state index contributed by atoms with van der Waals surface area (Å²) in [5.41, 5.74) is 2.16. The first-order valence-corrected chi connectivity index (χ1v) is 8.41. The zero-order valence-corrected chi connectivity index (χ0v) is 13.9. The summed E-state index contributed by atoms with van der Waals surface area (Å²) in [6, 6.07) is 8.14. The quantitative estimate of drug-likeness (QED) is 0.743. The Bertz CT molecular complexity index is 618. The molecule has 0 aliphatic carbocycles. The van der Waals surface area contributed by atoms with Crippen LogP contribution in [0.1, 0.15) is 64.7 Å². The van der Waals surface area contributed by atoms with Crippen molar-refractivity contribution in [2.75, 3.05) is 0 Å². The molecule has 1 aromatic carbocycles. The van der Waals surface area contributed by atoms with Crippen LogP contribution >= 0.6 is 0 Å². The summed E-state index contributed by atoms with van der Waals surface area (Å²) in [7, 11) is 0. The second-order valence-corrected chi connectivity index (χ2v) is 5.86. The maximum Gasteiger partial charge on any atom is 0.220 e. The first-order chi connectivity index (χ1) is 10.7. The van der Waals surface area contributed by atoms with Crippen LogP contribution in [-0.2, 0) is 11.3 Å². The van der Waals surface area contributed by atoms with Crippen molar-refractivity contribution in [2.45, 2.75) is 65.5 Å². The standard InChI is InChI=1S/C18H27N3O/c1-4-6-9-13-21-16-12-8-7-11-15(16)20-18(21)14(3)19-17(22)10-5-2/h7-8,11-12,14H,4-6,9-10,13H2,1-3H3,(H,19,22)/t14-/m1/s1. The third-order valence-electron chi connectivity index (χ3n) is 3.91. The fraction of sp³-hybridized carbons (Fsp3) is 0.556. The van der Waals surface area contributed by atoms with Gasteiger partial charge in [-0.05, 0) is 31.9 Å². The Hall–Kier alpha value is -1.84. The van der Waals surface area contributed by atoms with Gasteiger partial charge in [-0.1, -0.05) is 38.8 Å². The fourth-order valence-corrected chi connectivity index (χ4v) is 2.78. The number of amides is 1. The Balaban J connectivity index is 2.26. The topological polar surface area (TPSA) is 46.9 Å². The van der Waals surface area contributed by atoms with Gasteiger partial charge in [-0.25, -0.2) is 4.98 Å². The van der Waals surface area contributed by atoms with Crippen LogP contribution in [0.25, 0.3) is 11.0 Å². The van der Waals surface area contributed by atoms with Crippen molar-refractivity contribution in [2.24, 2.45) is 0 Å². The number of para-hydroxylation sites is 2. The third kappa shape index (κ3) is 3.87. The van der Waals surface area contributed by atoms with Gasteiger partial charge in [-0.3, -0.25) is 4.79 Å². The lowest BCUT2D eigenvalue weighted by Gasteiger charge is -2.16. The van der Waals surface area contributed by atoms with Crippen molar-refractivity contribution in [3.05, 3.63) is 30.1 Å². The van der Waals surface area contributed by atoms with E-state index in [1.165, 1.54) is 12.8 Å². The van der Waals surface area contributed by atoms with Crippen molar-refractivity contribution in [1.29, 1.82) is 0 Å². The SMILES string of the molecule is CCCCCn1c([C@@H](C)NC(=O)CCC)nc2ccccc21. The third-order valence-corrected chi connectivity index (χ3v) is 3.91. The minimum absolute atomic E-state index is 0.0620. The van der Waals surface area contributed by atoms with E-state index >= 15 is 0 Å². The van der Waals surface area contributed by atoms with Gasteiger partial charge in [0.2, 0.25) is 5.91 Å². The van der Waals surface area contributed by atoms with E-state index in [0.29, 0.717) is 6.42 Å². The van der Waals surface area contributed by atoms with Crippen molar-refractivity contribution in [3.63, 3.8) is 0 Å². The monoisotopic (exact) mass is 301 g/mol. The van der Waals surface area contributed by atoms with Crippen molar-refractivity contribution in [3.8, 4) is 0 Å². The van der Waals surface area contributed by atoms with Crippen LogP contribution in [0, 0.1) is 0 Å². The first kappa shape index (κ1) is 16.5. The average Bonchev–Trinajstić information content (AvgIpc) is 2.87. The Morgan fingerprint density at radius 2 is 2.00 bits per heavy atom. The fourth-order valence-electron chi connectivity index (χ4n) is 2.78. The summed E-state index contributed by atoms with van der Waals surface area (Å²) >= 11 is 0. The van der Waals surface area contributed by atoms with Gasteiger partial charge in [0.05, 0.1) is 17.1 Å². The number of imidazole rings is 1. The van der Waals surface area contributed by atoms with Crippen LogP contribution < -0.4 is 5.32 Å². The van der Waals surface area contributed by atoms with Gasteiger partial charge < -0.3 is 9.88 Å². The summed E-state index contributed by atoms with van der Waals surface area (Å²) < 4.78 is 2.27. The number of carbonyl (C=O) groups is 1. The number of aromatic nitrogens is 2. The summed E-state index contributed by atoms with van der Waals surface area (Å²) in [6.45, 7) is 7.20. The lowest BCUT2D eigenvalue weighted by molar-refractivity contribution is -0.121. The van der Waals surface area contributed by atoms with Gasteiger partial charge in [0.25, 0.3) is 0 Å². The van der Waals surface area contributed by atoms with E-state index in [-0.39, 0.29) is 11.9 Å². The Morgan fingerprint density at radius 3 is 2.73 bits per heavy atom. The van der Waals surface area contributed by atoms with Crippen LogP contribution in [-0.4, -0.2) is 15.5 Å². The summed E-state index contributed by atoms with van der Waals surface area (Å²) in [4.78, 5) is 16.6. The molecular formula is C18H27N3O. The predicted molar refractivity (Wildman–Crippen MR) is 90.7 cm³/mol. The van der Waals surface area contributed by atoms with Crippen molar-refractivity contribution < 1.29 is 4.79 Å². The molecule has 1 heterocycles. The van der Waals surface area contributed by atoms with E-state index in [4.69, 9.17) is 4.98 Å². The van der Waals surface area contributed by atoms with E-state index in [0.717, 1.165) is 36.2 Å². The van der Waals surface area contributed by atoms with Crippen LogP contribution in [0.5, 0.6) is 0 Å². The molecule has 0 saturated carbocycles. The smallest absolute Gasteiger partial charge is 0.220 e. The molecule has 22 heavy (non-hydrogen) atoms. The van der Waals surface area contributed by atoms with E-state index in [9.17, 15) is 4.79 Å². The molecule has 4 nitrogen and oxygen atoms in total. The van der Waals surface area contributed by atoms with Crippen molar-refractivity contribution in [1.82, 2.24) is 14.9 Å². The predicted octanol–water partition coefficient (Wildman–Crippen LogP) is 4.20. The summed E-state index contributed by atoms with van der Waals surface area (Å²) in [5, 5.41) is 3.07. The molecule has 4 heteroatoms. The highest BCUT2D eigenvalue weighted by atomic mass is 16.1. The van der Waals surface area contributed by atoms with E-state index in [1.54, 1.807) is 0 Å². The number of hydrogen-bond donors (Lipinski definition) is 1. The maximum absolute atomic E-state index is 11.9. The second kappa shape index (κ2) is 7.97. The Morgan fingerprint density at radius 1 is 1.23 bits per heavy atom. The summed E-state index contributed by atoms with van der Waals surface area (Å²) in [6.07, 6.45) is 4.98. The molecule has 0 radical (unpaired) electrons. The molecule has 2 rings (SSSR count). The highest BCUT2D eigenvalue weighted by Gasteiger charge is 2.17. The molecule has 0 aliphatic rings. The normalized spacial score (nSPS) is 12.5. The molecule has 1 aromatic heterocycles. The number of unbranched alkanes of at least 4 members (excludes halogenated alkanes) is 2. The van der Waals surface area contributed by atoms with E-state index in [2.05, 4.69) is 22.9 Å². The van der Waals surface area contributed by atoms with Gasteiger partial charge in [0.15, 0.2) is 0 Å². The molecule has 0 bridgehead atoms. The molecule has 0 fully saturated rings. The number of rotatable bonds is 8. The highest BCUT2D eigenvalue weighted by molar-refractivity contribution is 5.78. The minimum atomic E-state index is -0.0620. The molecule has 0 unspecified atom stereocenters. The molecule has 1 N–H and O–H groups in total. The largest absolute Gasteiger partial charge is 0.346 e.